The number of hydrogen-bond acceptors (Lipinski definition) is 3. The molecule has 0 amide bonds. The molecular formula is C15H35N3. The van der Waals surface area contributed by atoms with Gasteiger partial charge in [0, 0.05) is 19.1 Å². The van der Waals surface area contributed by atoms with Gasteiger partial charge in [-0.2, -0.15) is 0 Å². The second-order valence-corrected chi connectivity index (χ2v) is 6.29. The van der Waals surface area contributed by atoms with E-state index in [1.807, 2.05) is 0 Å². The molecule has 0 aliphatic heterocycles. The summed E-state index contributed by atoms with van der Waals surface area (Å²) in [6, 6.07) is 0.655. The minimum Gasteiger partial charge on any atom is -0.313 e. The summed E-state index contributed by atoms with van der Waals surface area (Å²) in [4.78, 5) is 4.67. The van der Waals surface area contributed by atoms with Crippen LogP contribution in [0.25, 0.3) is 0 Å². The molecule has 1 atom stereocenters. The van der Waals surface area contributed by atoms with Crippen molar-refractivity contribution in [3.63, 3.8) is 0 Å². The Morgan fingerprint density at radius 3 is 2.11 bits per heavy atom. The summed E-state index contributed by atoms with van der Waals surface area (Å²) in [5, 5.41) is 3.62. The first kappa shape index (κ1) is 17.9. The van der Waals surface area contributed by atoms with Gasteiger partial charge in [0.05, 0.1) is 0 Å². The fraction of sp³-hybridized carbons (Fsp3) is 1.00. The Bertz CT molecular complexity index is 181. The standard InChI is InChI=1S/C15H35N3/c1-14(2)8-9-15(3)16-10-13-18(6)12-7-11-17(4)5/h14-16H,7-13H2,1-6H3. The van der Waals surface area contributed by atoms with Crippen molar-refractivity contribution in [1.82, 2.24) is 15.1 Å². The molecule has 0 aliphatic carbocycles. The highest BCUT2D eigenvalue weighted by molar-refractivity contribution is 4.64. The molecule has 0 radical (unpaired) electrons. The van der Waals surface area contributed by atoms with Gasteiger partial charge in [0.15, 0.2) is 0 Å². The van der Waals surface area contributed by atoms with Gasteiger partial charge in [0.1, 0.15) is 0 Å². The molecule has 3 heteroatoms. The summed E-state index contributed by atoms with van der Waals surface area (Å²) in [6.07, 6.45) is 3.88. The average Bonchev–Trinajstić information content (AvgIpc) is 2.25. The Labute approximate surface area is 115 Å². The fourth-order valence-corrected chi connectivity index (χ4v) is 1.96. The maximum Gasteiger partial charge on any atom is 0.0104 e. The number of hydrogen-bond donors (Lipinski definition) is 1. The van der Waals surface area contributed by atoms with E-state index in [0.29, 0.717) is 6.04 Å². The largest absolute Gasteiger partial charge is 0.313 e. The molecule has 0 aliphatic rings. The number of likely N-dealkylation sites (N-methyl/N-ethyl adjacent to an activating group) is 1. The molecule has 3 nitrogen and oxygen atoms in total. The smallest absolute Gasteiger partial charge is 0.0104 e. The van der Waals surface area contributed by atoms with Crippen LogP contribution >= 0.6 is 0 Å². The summed E-state index contributed by atoms with van der Waals surface area (Å²) in [5.41, 5.74) is 0. The van der Waals surface area contributed by atoms with Crippen molar-refractivity contribution in [3.05, 3.63) is 0 Å². The highest BCUT2D eigenvalue weighted by Gasteiger charge is 2.04. The van der Waals surface area contributed by atoms with Crippen molar-refractivity contribution in [1.29, 1.82) is 0 Å². The van der Waals surface area contributed by atoms with E-state index in [4.69, 9.17) is 0 Å². The van der Waals surface area contributed by atoms with Gasteiger partial charge >= 0.3 is 0 Å². The second kappa shape index (κ2) is 10.8. The van der Waals surface area contributed by atoms with E-state index >= 15 is 0 Å². The van der Waals surface area contributed by atoms with Gasteiger partial charge in [-0.15, -0.1) is 0 Å². The van der Waals surface area contributed by atoms with Crippen molar-refractivity contribution in [2.75, 3.05) is 47.3 Å². The highest BCUT2D eigenvalue weighted by Crippen LogP contribution is 2.05. The maximum atomic E-state index is 3.62. The topological polar surface area (TPSA) is 18.5 Å². The number of rotatable bonds is 11. The van der Waals surface area contributed by atoms with Crippen LogP contribution in [0, 0.1) is 5.92 Å². The lowest BCUT2D eigenvalue weighted by Gasteiger charge is -2.20. The van der Waals surface area contributed by atoms with Crippen LogP contribution in [0.3, 0.4) is 0 Å². The molecule has 110 valence electrons. The molecule has 0 bridgehead atoms. The van der Waals surface area contributed by atoms with E-state index < -0.39 is 0 Å². The monoisotopic (exact) mass is 257 g/mol. The molecule has 18 heavy (non-hydrogen) atoms. The van der Waals surface area contributed by atoms with Gasteiger partial charge in [-0.1, -0.05) is 13.8 Å². The number of nitrogens with one attached hydrogen (secondary N) is 1. The van der Waals surface area contributed by atoms with Crippen molar-refractivity contribution in [2.24, 2.45) is 5.92 Å². The van der Waals surface area contributed by atoms with Crippen molar-refractivity contribution >= 4 is 0 Å². The molecule has 0 heterocycles. The first-order chi connectivity index (χ1) is 8.41. The van der Waals surface area contributed by atoms with Gasteiger partial charge in [-0.05, 0) is 66.3 Å². The second-order valence-electron chi connectivity index (χ2n) is 6.29. The Balaban J connectivity index is 3.40. The third-order valence-electron chi connectivity index (χ3n) is 3.31. The zero-order valence-corrected chi connectivity index (χ0v) is 13.5. The lowest BCUT2D eigenvalue weighted by atomic mass is 10.0. The van der Waals surface area contributed by atoms with Gasteiger partial charge in [-0.3, -0.25) is 0 Å². The molecule has 0 rings (SSSR count). The molecule has 1 N–H and O–H groups in total. The van der Waals surface area contributed by atoms with Crippen LogP contribution in [0.4, 0.5) is 0 Å². The Morgan fingerprint density at radius 2 is 1.56 bits per heavy atom. The first-order valence-electron chi connectivity index (χ1n) is 7.48. The van der Waals surface area contributed by atoms with Crippen LogP contribution in [0.2, 0.25) is 0 Å². The van der Waals surface area contributed by atoms with E-state index in [1.54, 1.807) is 0 Å². The lowest BCUT2D eigenvalue weighted by molar-refractivity contribution is 0.294. The van der Waals surface area contributed by atoms with Crippen LogP contribution in [-0.2, 0) is 0 Å². The summed E-state index contributed by atoms with van der Waals surface area (Å²) in [6.45, 7) is 11.5. The Kier molecular flexibility index (Phi) is 10.7. The third-order valence-corrected chi connectivity index (χ3v) is 3.31. The minimum atomic E-state index is 0.655. The van der Waals surface area contributed by atoms with E-state index in [9.17, 15) is 0 Å². The fourth-order valence-electron chi connectivity index (χ4n) is 1.96. The van der Waals surface area contributed by atoms with Crippen LogP contribution < -0.4 is 5.32 Å². The average molecular weight is 257 g/mol. The quantitative estimate of drug-likeness (QED) is 0.613. The summed E-state index contributed by atoms with van der Waals surface area (Å²) >= 11 is 0. The summed E-state index contributed by atoms with van der Waals surface area (Å²) in [5.74, 6) is 0.822. The van der Waals surface area contributed by atoms with E-state index in [-0.39, 0.29) is 0 Å². The predicted molar refractivity (Wildman–Crippen MR) is 82.2 cm³/mol. The molecule has 0 saturated heterocycles. The lowest BCUT2D eigenvalue weighted by Crippen LogP contribution is -2.35. The molecule has 0 saturated carbocycles. The molecule has 1 unspecified atom stereocenters. The van der Waals surface area contributed by atoms with Crippen LogP contribution in [-0.4, -0.2) is 63.2 Å². The van der Waals surface area contributed by atoms with Gasteiger partial charge in [0.25, 0.3) is 0 Å². The van der Waals surface area contributed by atoms with Crippen LogP contribution in [0.15, 0.2) is 0 Å². The molecule has 0 fully saturated rings. The zero-order chi connectivity index (χ0) is 14.0. The van der Waals surface area contributed by atoms with Crippen molar-refractivity contribution in [2.45, 2.75) is 46.1 Å². The Morgan fingerprint density at radius 1 is 0.889 bits per heavy atom. The highest BCUT2D eigenvalue weighted by atomic mass is 15.1. The predicted octanol–water partition coefficient (Wildman–Crippen LogP) is 2.28. The van der Waals surface area contributed by atoms with Gasteiger partial charge < -0.3 is 15.1 Å². The Hall–Kier alpha value is -0.120. The van der Waals surface area contributed by atoms with E-state index in [0.717, 1.165) is 19.0 Å². The molecular weight excluding hydrogens is 222 g/mol. The van der Waals surface area contributed by atoms with Gasteiger partial charge in [0.2, 0.25) is 0 Å². The summed E-state index contributed by atoms with van der Waals surface area (Å²) < 4.78 is 0. The van der Waals surface area contributed by atoms with Crippen LogP contribution in [0.1, 0.15) is 40.0 Å². The maximum absolute atomic E-state index is 3.62. The molecule has 0 aromatic heterocycles. The minimum absolute atomic E-state index is 0.655. The normalized spacial score (nSPS) is 13.8. The zero-order valence-electron chi connectivity index (χ0n) is 13.5. The SMILES string of the molecule is CC(C)CCC(C)NCCN(C)CCCN(C)C. The third kappa shape index (κ3) is 12.3. The molecule has 0 spiro atoms. The number of nitrogens with zero attached hydrogens (tertiary/aromatic N) is 2. The summed E-state index contributed by atoms with van der Waals surface area (Å²) in [7, 11) is 6.49. The van der Waals surface area contributed by atoms with Crippen molar-refractivity contribution < 1.29 is 0 Å². The molecule has 0 aromatic rings. The molecule has 0 aromatic carbocycles. The van der Waals surface area contributed by atoms with Crippen LogP contribution in [0.5, 0.6) is 0 Å². The van der Waals surface area contributed by atoms with Gasteiger partial charge in [-0.25, -0.2) is 0 Å². The van der Waals surface area contributed by atoms with E-state index in [1.165, 1.54) is 32.4 Å². The van der Waals surface area contributed by atoms with E-state index in [2.05, 4.69) is 57.0 Å². The van der Waals surface area contributed by atoms with Crippen molar-refractivity contribution in [3.8, 4) is 0 Å². The first-order valence-corrected chi connectivity index (χ1v) is 7.48.